The van der Waals surface area contributed by atoms with E-state index in [4.69, 9.17) is 9.52 Å². The fourth-order valence-corrected chi connectivity index (χ4v) is 5.86. The van der Waals surface area contributed by atoms with Gasteiger partial charge in [0, 0.05) is 48.4 Å². The number of carboxylic acid groups (broad SMARTS) is 1. The lowest BCUT2D eigenvalue weighted by Gasteiger charge is -2.32. The molecule has 0 saturated carbocycles. The van der Waals surface area contributed by atoms with Gasteiger partial charge in [-0.25, -0.2) is 4.79 Å². The predicted molar refractivity (Wildman–Crippen MR) is 162 cm³/mol. The minimum Gasteiger partial charge on any atom is -0.478 e. The van der Waals surface area contributed by atoms with Crippen molar-refractivity contribution in [3.8, 4) is 0 Å². The Hall–Kier alpha value is -5.55. The lowest BCUT2D eigenvalue weighted by Crippen LogP contribution is -2.47. The molecule has 0 radical (unpaired) electrons. The van der Waals surface area contributed by atoms with Gasteiger partial charge in [0.15, 0.2) is 23.1 Å². The summed E-state index contributed by atoms with van der Waals surface area (Å²) in [7, 11) is 1.84. The summed E-state index contributed by atoms with van der Waals surface area (Å²) in [6.45, 7) is 1.41. The summed E-state index contributed by atoms with van der Waals surface area (Å²) in [5.41, 5.74) is -4.03. The molecule has 3 aliphatic rings. The van der Waals surface area contributed by atoms with Crippen LogP contribution in [-0.2, 0) is 12.4 Å². The van der Waals surface area contributed by atoms with E-state index in [0.717, 1.165) is 0 Å². The number of hydrogen-bond donors (Lipinski definition) is 1. The molecule has 1 fully saturated rings. The largest absolute Gasteiger partial charge is 0.478 e. The van der Waals surface area contributed by atoms with Gasteiger partial charge in [-0.1, -0.05) is 48.5 Å². The van der Waals surface area contributed by atoms with Gasteiger partial charge in [0.1, 0.15) is 11.1 Å². The van der Waals surface area contributed by atoms with Crippen LogP contribution in [0.2, 0.25) is 0 Å². The van der Waals surface area contributed by atoms with Crippen molar-refractivity contribution >= 4 is 47.4 Å². The van der Waals surface area contributed by atoms with Gasteiger partial charge in [-0.2, -0.15) is 26.3 Å². The number of rotatable bonds is 2. The summed E-state index contributed by atoms with van der Waals surface area (Å²) in [6.07, 6.45) is -10.2. The fourth-order valence-electron chi connectivity index (χ4n) is 5.86. The van der Waals surface area contributed by atoms with Crippen molar-refractivity contribution in [1.29, 1.82) is 0 Å². The van der Waals surface area contributed by atoms with Crippen LogP contribution in [0.3, 0.4) is 0 Å². The van der Waals surface area contributed by atoms with Crippen molar-refractivity contribution < 1.29 is 69.1 Å². The average molecular weight is 739 g/mol. The zero-order valence-electron chi connectivity index (χ0n) is 25.7. The Morgan fingerprint density at radius 1 is 0.627 bits per heavy atom. The first-order valence-corrected chi connectivity index (χ1v) is 14.5. The molecule has 1 N–H and O–H groups in total. The number of piperazine rings is 1. The Morgan fingerprint density at radius 3 is 1.35 bits per heavy atom. The van der Waals surface area contributed by atoms with Gasteiger partial charge in [0.05, 0.1) is 11.1 Å². The van der Waals surface area contributed by atoms with Crippen LogP contribution in [0.1, 0.15) is 96.3 Å². The van der Waals surface area contributed by atoms with Crippen LogP contribution < -0.4 is 0 Å². The fraction of sp³-hybridized carbons (Fsp3) is 0.212. The summed E-state index contributed by atoms with van der Waals surface area (Å²) < 4.78 is 88.8. The van der Waals surface area contributed by atoms with E-state index >= 15 is 0 Å². The minimum absolute atomic E-state index is 0. The third-order valence-corrected chi connectivity index (χ3v) is 8.25. The first kappa shape index (κ1) is 36.7. The smallest absolute Gasteiger partial charge is 0.450 e. The molecular weight excluding hydrogens is 718 g/mol. The molecule has 51 heavy (non-hydrogen) atoms. The molecular formula is C33H21ClF6N2O9. The highest BCUT2D eigenvalue weighted by molar-refractivity contribution is 6.31. The quantitative estimate of drug-likeness (QED) is 0.220. The number of likely N-dealkylation sites (N-methyl/N-ethyl adjacent to an activating group) is 1. The Bertz CT molecular complexity index is 2160. The number of alkyl halides is 6. The van der Waals surface area contributed by atoms with Gasteiger partial charge < -0.3 is 23.7 Å². The van der Waals surface area contributed by atoms with Gasteiger partial charge >= 0.3 is 18.3 Å². The number of carbonyl (C=O) groups excluding carboxylic acids is 5. The molecule has 266 valence electrons. The number of halogens is 7. The third-order valence-electron chi connectivity index (χ3n) is 8.25. The molecule has 1 saturated heterocycles. The highest BCUT2D eigenvalue weighted by Gasteiger charge is 2.49. The number of amides is 1. The minimum atomic E-state index is -5.14. The van der Waals surface area contributed by atoms with Crippen molar-refractivity contribution in [3.05, 3.63) is 116 Å². The van der Waals surface area contributed by atoms with Gasteiger partial charge in [-0.3, -0.25) is 24.0 Å². The molecule has 3 heterocycles. The number of benzene rings is 2. The van der Waals surface area contributed by atoms with E-state index in [1.807, 2.05) is 11.9 Å². The van der Waals surface area contributed by atoms with Crippen molar-refractivity contribution in [2.75, 3.05) is 33.2 Å². The summed E-state index contributed by atoms with van der Waals surface area (Å²) in [5, 5.41) is 9.00. The van der Waals surface area contributed by atoms with Gasteiger partial charge in [-0.15, -0.1) is 12.4 Å². The number of ketones is 4. The van der Waals surface area contributed by atoms with E-state index in [0.29, 0.717) is 13.1 Å². The van der Waals surface area contributed by atoms with Gasteiger partial charge in [0.25, 0.3) is 5.91 Å². The van der Waals surface area contributed by atoms with E-state index < -0.39 is 92.7 Å². The van der Waals surface area contributed by atoms with E-state index in [1.54, 1.807) is 0 Å². The molecule has 2 aromatic carbocycles. The number of carbonyl (C=O) groups is 6. The van der Waals surface area contributed by atoms with Gasteiger partial charge in [-0.05, 0) is 7.05 Å². The van der Waals surface area contributed by atoms with Crippen molar-refractivity contribution in [1.82, 2.24) is 9.80 Å². The van der Waals surface area contributed by atoms with E-state index in [9.17, 15) is 55.1 Å². The van der Waals surface area contributed by atoms with E-state index in [-0.39, 0.29) is 47.8 Å². The molecule has 0 atom stereocenters. The summed E-state index contributed by atoms with van der Waals surface area (Å²) in [5.74, 6) is -11.6. The summed E-state index contributed by atoms with van der Waals surface area (Å²) >= 11 is 0. The second kappa shape index (κ2) is 13.0. The predicted octanol–water partition coefficient (Wildman–Crippen LogP) is 5.66. The molecule has 0 bridgehead atoms. The van der Waals surface area contributed by atoms with Crippen molar-refractivity contribution in [3.63, 3.8) is 0 Å². The molecule has 11 nitrogen and oxygen atoms in total. The zero-order valence-corrected chi connectivity index (χ0v) is 26.5. The first-order valence-electron chi connectivity index (χ1n) is 14.5. The molecule has 18 heteroatoms. The maximum Gasteiger partial charge on any atom is 0.450 e. The number of aromatic carboxylic acids is 1. The van der Waals surface area contributed by atoms with E-state index in [1.165, 1.54) is 53.4 Å². The molecule has 1 amide bonds. The van der Waals surface area contributed by atoms with Gasteiger partial charge in [0.2, 0.25) is 23.1 Å². The molecule has 0 unspecified atom stereocenters. The second-order valence-electron chi connectivity index (χ2n) is 11.3. The monoisotopic (exact) mass is 738 g/mol. The van der Waals surface area contributed by atoms with E-state index in [2.05, 4.69) is 4.42 Å². The topological polar surface area (TPSA) is 155 Å². The lowest BCUT2D eigenvalue weighted by atomic mass is 9.86. The Kier molecular flexibility index (Phi) is 9.34. The molecule has 1 aliphatic heterocycles. The summed E-state index contributed by atoms with van der Waals surface area (Å²) in [6, 6.07) is 11.0. The molecule has 0 spiro atoms. The standard InChI is InChI=1S/C19H15F3N2O4.C14H5F3O5.ClH/c1-23-6-8-24(9-7-23)18(27)13-12-14(25)10-4-2-3-5-11(10)15(26)16(12)28-17(13)19(20,21)22;15-14(16,17)12-8(13(20)21)7-9(18)5-3-1-2-4-6(5)10(19)11(7)22-12;/h2-5H,6-9H2,1H3;1-4H,(H,20,21);1H. The van der Waals surface area contributed by atoms with Crippen LogP contribution in [0.15, 0.2) is 57.4 Å². The summed E-state index contributed by atoms with van der Waals surface area (Å²) in [4.78, 5) is 77.3. The number of carboxylic acids is 1. The van der Waals surface area contributed by atoms with Crippen LogP contribution in [0, 0.1) is 0 Å². The lowest BCUT2D eigenvalue weighted by molar-refractivity contribution is -0.154. The maximum atomic E-state index is 13.6. The molecule has 2 aromatic heterocycles. The van der Waals surface area contributed by atoms with Crippen LogP contribution >= 0.6 is 12.4 Å². The van der Waals surface area contributed by atoms with Crippen LogP contribution in [0.5, 0.6) is 0 Å². The van der Waals surface area contributed by atoms with Crippen LogP contribution in [0.4, 0.5) is 26.3 Å². The number of nitrogens with zero attached hydrogens (tertiary/aromatic N) is 2. The zero-order chi connectivity index (χ0) is 36.4. The SMILES string of the molecule is CN1CCN(C(=O)c2c(C(F)(F)F)oc3c2C(=O)c2ccccc2C3=O)CC1.Cl.O=C1c2ccccc2C(=O)c2c1oc(C(F)(F)F)c2C(=O)O. The van der Waals surface area contributed by atoms with Crippen LogP contribution in [-0.4, -0.2) is 83.1 Å². The van der Waals surface area contributed by atoms with Crippen molar-refractivity contribution in [2.24, 2.45) is 0 Å². The molecule has 7 rings (SSSR count). The Balaban J connectivity index is 0.000000199. The highest BCUT2D eigenvalue weighted by Crippen LogP contribution is 2.42. The molecule has 2 aliphatic carbocycles. The Morgan fingerprint density at radius 2 is 0.980 bits per heavy atom. The average Bonchev–Trinajstić information content (AvgIpc) is 3.69. The maximum absolute atomic E-state index is 13.6. The first-order chi connectivity index (χ1) is 23.4. The third kappa shape index (κ3) is 6.11. The molecule has 4 aromatic rings. The van der Waals surface area contributed by atoms with Crippen LogP contribution in [0.25, 0.3) is 0 Å². The normalized spacial score (nSPS) is 15.5. The number of furan rings is 2. The number of fused-ring (bicyclic) bond motifs is 4. The van der Waals surface area contributed by atoms with Crippen molar-refractivity contribution in [2.45, 2.75) is 12.4 Å². The number of hydrogen-bond acceptors (Lipinski definition) is 9. The Labute approximate surface area is 287 Å². The second-order valence-corrected chi connectivity index (χ2v) is 11.3. The highest BCUT2D eigenvalue weighted by atomic mass is 35.5.